The number of anilines is 1. The van der Waals surface area contributed by atoms with Crippen LogP contribution >= 0.6 is 0 Å². The van der Waals surface area contributed by atoms with Gasteiger partial charge in [0.1, 0.15) is 0 Å². The number of benzene rings is 1. The summed E-state index contributed by atoms with van der Waals surface area (Å²) in [6, 6.07) is 11.6. The Morgan fingerprint density at radius 3 is 2.07 bits per heavy atom. The average molecular weight is 576 g/mol. The summed E-state index contributed by atoms with van der Waals surface area (Å²) in [7, 11) is 0.520. The summed E-state index contributed by atoms with van der Waals surface area (Å²) in [6.45, 7) is 7.42. The Kier molecular flexibility index (Phi) is 6.54. The molecule has 5 aliphatic carbocycles. The second-order valence-corrected chi connectivity index (χ2v) is 19.9. The number of hydrogen-bond donors (Lipinski definition) is 0. The zero-order valence-electron chi connectivity index (χ0n) is 26.0. The summed E-state index contributed by atoms with van der Waals surface area (Å²) in [5.74, 6) is 4.83. The van der Waals surface area contributed by atoms with Gasteiger partial charge in [0.2, 0.25) is 0 Å². The summed E-state index contributed by atoms with van der Waals surface area (Å²) in [5, 5.41) is 1.96. The van der Waals surface area contributed by atoms with Crippen LogP contribution < -0.4 is 4.90 Å². The third kappa shape index (κ3) is 3.84. The van der Waals surface area contributed by atoms with Gasteiger partial charge in [0, 0.05) is 37.2 Å². The lowest BCUT2D eigenvalue weighted by atomic mass is 9.83. The van der Waals surface area contributed by atoms with E-state index < -0.39 is 8.07 Å². The average Bonchev–Trinajstić information content (AvgIpc) is 3.60. The lowest BCUT2D eigenvalue weighted by Gasteiger charge is -2.62. The molecule has 0 amide bonds. The maximum absolute atomic E-state index is 6.07. The molecule has 42 heavy (non-hydrogen) atoms. The number of unbranched alkanes of at least 4 members (excludes halogenated alkanes) is 3. The van der Waals surface area contributed by atoms with Gasteiger partial charge >= 0.3 is 0 Å². The van der Waals surface area contributed by atoms with Crippen LogP contribution in [-0.4, -0.2) is 33.4 Å². The van der Waals surface area contributed by atoms with Gasteiger partial charge in [0.05, 0.1) is 13.7 Å². The van der Waals surface area contributed by atoms with E-state index in [1.54, 1.807) is 5.56 Å². The summed E-state index contributed by atoms with van der Waals surface area (Å²) < 4.78 is 6.07. The molecular formula is C39H49NOSi. The number of fused-ring (bicyclic) bond motifs is 8. The van der Waals surface area contributed by atoms with Crippen LogP contribution in [0.5, 0.6) is 0 Å². The Morgan fingerprint density at radius 1 is 0.714 bits per heavy atom. The normalized spacial score (nSPS) is 41.2. The molecule has 2 nitrogen and oxygen atoms in total. The monoisotopic (exact) mass is 575 g/mol. The number of nitrogens with zero attached hydrogens (tertiary/aromatic N) is 1. The molecule has 3 fully saturated rings. The van der Waals surface area contributed by atoms with Crippen LogP contribution in [0, 0.1) is 35.5 Å². The van der Waals surface area contributed by atoms with Crippen molar-refractivity contribution in [2.45, 2.75) is 81.1 Å². The van der Waals surface area contributed by atoms with Crippen molar-refractivity contribution in [1.82, 2.24) is 0 Å². The lowest BCUT2D eigenvalue weighted by Crippen LogP contribution is -2.63. The van der Waals surface area contributed by atoms with Crippen molar-refractivity contribution in [3.8, 4) is 0 Å². The fraction of sp³-hybridized carbons (Fsp3) is 0.538. The molecule has 10 atom stereocenters. The maximum atomic E-state index is 6.07. The highest BCUT2D eigenvalue weighted by Crippen LogP contribution is 2.79. The molecule has 1 saturated heterocycles. The largest absolute Gasteiger partial charge is 0.376 e. The number of ether oxygens (including phenoxy) is 1. The van der Waals surface area contributed by atoms with Gasteiger partial charge in [-0.3, -0.25) is 0 Å². The second kappa shape index (κ2) is 10.1. The Balaban J connectivity index is 1.17. The van der Waals surface area contributed by atoms with E-state index in [-0.39, 0.29) is 5.60 Å². The summed E-state index contributed by atoms with van der Waals surface area (Å²) >= 11 is 0. The summed E-state index contributed by atoms with van der Waals surface area (Å²) in [6.07, 6.45) is 32.9. The van der Waals surface area contributed by atoms with E-state index in [1.807, 2.05) is 5.20 Å². The minimum absolute atomic E-state index is 0.0291. The number of allylic oxidation sites excluding steroid dienone is 11. The molecule has 7 aliphatic rings. The molecule has 1 aromatic rings. The second-order valence-electron chi connectivity index (χ2n) is 15.4. The minimum atomic E-state index is -1.88. The van der Waals surface area contributed by atoms with Gasteiger partial charge in [0.25, 0.3) is 0 Å². The van der Waals surface area contributed by atoms with Crippen molar-refractivity contribution in [2.75, 3.05) is 18.6 Å². The van der Waals surface area contributed by atoms with Crippen molar-refractivity contribution >= 4 is 13.8 Å². The maximum Gasteiger partial charge on any atom is 0.0905 e. The van der Waals surface area contributed by atoms with Crippen molar-refractivity contribution in [3.63, 3.8) is 0 Å². The molecule has 1 aromatic carbocycles. The van der Waals surface area contributed by atoms with Crippen LogP contribution in [0.2, 0.25) is 17.1 Å². The fourth-order valence-corrected chi connectivity index (χ4v) is 19.6. The highest BCUT2D eigenvalue weighted by molar-refractivity contribution is 6.93. The van der Waals surface area contributed by atoms with Gasteiger partial charge in [-0.2, -0.15) is 0 Å². The molecule has 8 rings (SSSR count). The third-order valence-corrected chi connectivity index (χ3v) is 19.1. The molecule has 0 radical (unpaired) electrons. The van der Waals surface area contributed by atoms with Crippen molar-refractivity contribution < 1.29 is 4.74 Å². The van der Waals surface area contributed by atoms with Gasteiger partial charge in [-0.25, -0.2) is 0 Å². The molecule has 0 spiro atoms. The third-order valence-electron chi connectivity index (χ3n) is 12.5. The zero-order chi connectivity index (χ0) is 28.6. The SMILES string of the molecule is CN1c2ccccc2C2C1C1C=CC=C3C1C2[Si]3(CCCCCCOC(C)(C)C)C1C2C=CC=CC2C2C=CC=CC21. The molecule has 10 unspecified atom stereocenters. The van der Waals surface area contributed by atoms with E-state index in [4.69, 9.17) is 4.74 Å². The summed E-state index contributed by atoms with van der Waals surface area (Å²) in [4.78, 5) is 2.69. The van der Waals surface area contributed by atoms with E-state index in [2.05, 4.69) is 124 Å². The molecule has 2 saturated carbocycles. The highest BCUT2D eigenvalue weighted by atomic mass is 28.3. The fourth-order valence-electron chi connectivity index (χ4n) is 11.3. The predicted octanol–water partition coefficient (Wildman–Crippen LogP) is 9.18. The van der Waals surface area contributed by atoms with Crippen LogP contribution in [0.3, 0.4) is 0 Å². The van der Waals surface area contributed by atoms with Gasteiger partial charge in [-0.1, -0.05) is 116 Å². The van der Waals surface area contributed by atoms with Crippen LogP contribution in [-0.2, 0) is 4.74 Å². The van der Waals surface area contributed by atoms with E-state index in [1.165, 1.54) is 37.4 Å². The Morgan fingerprint density at radius 2 is 1.36 bits per heavy atom. The van der Waals surface area contributed by atoms with Crippen molar-refractivity contribution in [3.05, 3.63) is 102 Å². The molecule has 0 aromatic heterocycles. The number of likely N-dealkylation sites (N-methyl/N-ethyl adjacent to an activating group) is 1. The first-order valence-electron chi connectivity index (χ1n) is 17.0. The van der Waals surface area contributed by atoms with E-state index in [9.17, 15) is 0 Å². The van der Waals surface area contributed by atoms with Crippen molar-refractivity contribution in [1.29, 1.82) is 0 Å². The van der Waals surface area contributed by atoms with E-state index in [0.29, 0.717) is 41.5 Å². The van der Waals surface area contributed by atoms with Crippen molar-refractivity contribution in [2.24, 2.45) is 35.5 Å². The minimum Gasteiger partial charge on any atom is -0.376 e. The van der Waals surface area contributed by atoms with Gasteiger partial charge < -0.3 is 9.64 Å². The quantitative estimate of drug-likeness (QED) is 0.226. The lowest BCUT2D eigenvalue weighted by molar-refractivity contribution is -0.00471. The molecule has 0 bridgehead atoms. The zero-order valence-corrected chi connectivity index (χ0v) is 27.0. The Hall–Kier alpha value is -2.36. The first kappa shape index (κ1) is 27.2. The Bertz CT molecular complexity index is 1370. The molecule has 220 valence electrons. The van der Waals surface area contributed by atoms with E-state index in [0.717, 1.165) is 23.6 Å². The van der Waals surface area contributed by atoms with Gasteiger partial charge in [-0.05, 0) is 79.5 Å². The molecular weight excluding hydrogens is 527 g/mol. The van der Waals surface area contributed by atoms with Crippen LogP contribution in [0.4, 0.5) is 5.69 Å². The van der Waals surface area contributed by atoms with Gasteiger partial charge in [0.15, 0.2) is 0 Å². The van der Waals surface area contributed by atoms with Crippen LogP contribution in [0.1, 0.15) is 57.9 Å². The van der Waals surface area contributed by atoms with E-state index >= 15 is 0 Å². The topological polar surface area (TPSA) is 12.5 Å². The van der Waals surface area contributed by atoms with Crippen LogP contribution in [0.25, 0.3) is 0 Å². The number of para-hydroxylation sites is 1. The highest BCUT2D eigenvalue weighted by Gasteiger charge is 2.75. The molecule has 2 heterocycles. The Labute approximate surface area is 255 Å². The predicted molar refractivity (Wildman–Crippen MR) is 178 cm³/mol. The molecule has 3 heteroatoms. The molecule has 0 N–H and O–H groups in total. The standard InChI is InChI=1S/C39H49NOSi/c1-39(2,3)41-24-13-5-6-14-25-42(37-28-18-9-7-16-26(28)27-17-8-10-19-29(27)37)33-23-15-21-31-34(33)38(42)35-30-20-11-12-22-32(30)40(4)36(31)35/h7-12,15-23,26-29,31,34-38H,5-6,13-14,24-25H2,1-4H3. The number of hydrogen-bond acceptors (Lipinski definition) is 2. The van der Waals surface area contributed by atoms with Crippen LogP contribution in [0.15, 0.2) is 96.3 Å². The number of rotatable bonds is 8. The smallest absolute Gasteiger partial charge is 0.0905 e. The van der Waals surface area contributed by atoms with Gasteiger partial charge in [-0.15, -0.1) is 0 Å². The first-order valence-corrected chi connectivity index (χ1v) is 19.3. The first-order chi connectivity index (χ1) is 20.4. The summed E-state index contributed by atoms with van der Waals surface area (Å²) in [5.41, 5.74) is 4.81. The molecule has 2 aliphatic heterocycles.